The summed E-state index contributed by atoms with van der Waals surface area (Å²) in [4.78, 5) is -0.649. The van der Waals surface area contributed by atoms with E-state index in [-0.39, 0.29) is 0 Å². The maximum atomic E-state index is 13.4. The fraction of sp³-hybridized carbons (Fsp3) is 1.00. The van der Waals surface area contributed by atoms with Crippen LogP contribution in [-0.4, -0.2) is 16.3 Å². The van der Waals surface area contributed by atoms with Crippen molar-refractivity contribution in [1.82, 2.24) is 0 Å². The number of rotatable bonds is 4. The summed E-state index contributed by atoms with van der Waals surface area (Å²) in [6, 6.07) is 0. The van der Waals surface area contributed by atoms with Gasteiger partial charge in [0.15, 0.2) is 0 Å². The van der Waals surface area contributed by atoms with E-state index in [0.29, 0.717) is 24.1 Å². The van der Waals surface area contributed by atoms with Crippen molar-refractivity contribution < 1.29 is 8.78 Å². The highest BCUT2D eigenvalue weighted by atomic mass is 79.9. The van der Waals surface area contributed by atoms with Crippen LogP contribution in [0.25, 0.3) is 0 Å². The quantitative estimate of drug-likeness (QED) is 0.687. The van der Waals surface area contributed by atoms with Crippen LogP contribution in [0.1, 0.15) is 32.1 Å². The molecule has 4 atom stereocenters. The molecule has 0 aromatic carbocycles. The van der Waals surface area contributed by atoms with Crippen molar-refractivity contribution in [2.75, 3.05) is 6.26 Å². The highest BCUT2D eigenvalue weighted by Crippen LogP contribution is 2.52. The van der Waals surface area contributed by atoms with Gasteiger partial charge in [0.25, 0.3) is 0 Å². The predicted octanol–water partition coefficient (Wildman–Crippen LogP) is 4.53. The summed E-state index contributed by atoms with van der Waals surface area (Å²) >= 11 is 3.83. The molecule has 0 N–H and O–H groups in total. The topological polar surface area (TPSA) is 0 Å². The van der Waals surface area contributed by atoms with E-state index in [4.69, 9.17) is 0 Å². The van der Waals surface area contributed by atoms with Gasteiger partial charge in [0, 0.05) is 0 Å². The van der Waals surface area contributed by atoms with Gasteiger partial charge in [-0.15, -0.1) is 0 Å². The van der Waals surface area contributed by atoms with Gasteiger partial charge in [0.05, 0.1) is 4.83 Å². The van der Waals surface area contributed by atoms with Crippen LogP contribution in [0.4, 0.5) is 8.78 Å². The Morgan fingerprint density at radius 1 is 1.40 bits per heavy atom. The van der Waals surface area contributed by atoms with Gasteiger partial charge in [-0.1, -0.05) is 34.1 Å². The molecule has 2 rings (SSSR count). The first-order chi connectivity index (χ1) is 7.03. The number of halogens is 3. The van der Waals surface area contributed by atoms with Crippen LogP contribution >= 0.6 is 27.7 Å². The first-order valence-electron chi connectivity index (χ1n) is 5.60. The summed E-state index contributed by atoms with van der Waals surface area (Å²) in [5.74, 6) is 2.14. The Kier molecular flexibility index (Phi) is 3.66. The summed E-state index contributed by atoms with van der Waals surface area (Å²) in [6.07, 6.45) is 7.24. The highest BCUT2D eigenvalue weighted by Gasteiger charge is 2.44. The Bertz CT molecular complexity index is 235. The average Bonchev–Trinajstić information content (AvgIpc) is 2.79. The van der Waals surface area contributed by atoms with Gasteiger partial charge in [-0.2, -0.15) is 8.78 Å². The number of alkyl halides is 3. The van der Waals surface area contributed by atoms with E-state index >= 15 is 0 Å². The van der Waals surface area contributed by atoms with E-state index in [2.05, 4.69) is 15.9 Å². The van der Waals surface area contributed by atoms with Gasteiger partial charge >= 0.3 is 5.25 Å². The van der Waals surface area contributed by atoms with E-state index in [1.807, 2.05) is 0 Å². The molecule has 0 aromatic rings. The Labute approximate surface area is 103 Å². The Balaban J connectivity index is 1.87. The molecule has 2 aliphatic rings. The van der Waals surface area contributed by atoms with Crippen LogP contribution in [0.2, 0.25) is 0 Å². The average molecular weight is 299 g/mol. The van der Waals surface area contributed by atoms with Crippen molar-refractivity contribution in [2.45, 2.75) is 42.2 Å². The molecule has 0 aliphatic heterocycles. The molecule has 2 saturated carbocycles. The van der Waals surface area contributed by atoms with E-state index in [1.165, 1.54) is 31.9 Å². The molecule has 88 valence electrons. The van der Waals surface area contributed by atoms with Gasteiger partial charge < -0.3 is 0 Å². The maximum absolute atomic E-state index is 13.4. The highest BCUT2D eigenvalue weighted by molar-refractivity contribution is 9.09. The van der Waals surface area contributed by atoms with Crippen molar-refractivity contribution in [3.05, 3.63) is 0 Å². The van der Waals surface area contributed by atoms with Crippen molar-refractivity contribution in [3.8, 4) is 0 Å². The molecular weight excluding hydrogens is 282 g/mol. The lowest BCUT2D eigenvalue weighted by atomic mass is 9.85. The van der Waals surface area contributed by atoms with Crippen LogP contribution in [0.15, 0.2) is 0 Å². The Morgan fingerprint density at radius 2 is 2.13 bits per heavy atom. The van der Waals surface area contributed by atoms with Crippen LogP contribution < -0.4 is 0 Å². The normalized spacial score (nSPS) is 37.2. The van der Waals surface area contributed by atoms with E-state index < -0.39 is 10.1 Å². The van der Waals surface area contributed by atoms with Gasteiger partial charge in [-0.05, 0) is 49.7 Å². The summed E-state index contributed by atoms with van der Waals surface area (Å²) in [5, 5.41) is -2.61. The van der Waals surface area contributed by atoms with Crippen molar-refractivity contribution in [3.63, 3.8) is 0 Å². The fourth-order valence-corrected chi connectivity index (χ4v) is 4.59. The molecule has 0 saturated heterocycles. The van der Waals surface area contributed by atoms with E-state index in [9.17, 15) is 8.78 Å². The molecule has 0 spiro atoms. The smallest absolute Gasteiger partial charge is 0.193 e. The van der Waals surface area contributed by atoms with Crippen molar-refractivity contribution in [1.29, 1.82) is 0 Å². The zero-order valence-electron chi connectivity index (χ0n) is 8.89. The molecule has 0 heterocycles. The second kappa shape index (κ2) is 4.52. The summed E-state index contributed by atoms with van der Waals surface area (Å²) in [6.45, 7) is 0. The van der Waals surface area contributed by atoms with Crippen LogP contribution in [-0.2, 0) is 0 Å². The van der Waals surface area contributed by atoms with E-state index in [0.717, 1.165) is 11.8 Å². The lowest BCUT2D eigenvalue weighted by Crippen LogP contribution is -2.28. The predicted molar refractivity (Wildman–Crippen MR) is 64.7 cm³/mol. The zero-order chi connectivity index (χ0) is 11.1. The Hall–Kier alpha value is 0.690. The molecule has 2 bridgehead atoms. The minimum absolute atomic E-state index is 0.547. The minimum atomic E-state index is -2.61. The summed E-state index contributed by atoms with van der Waals surface area (Å²) in [7, 11) is 0. The largest absolute Gasteiger partial charge is 0.305 e. The standard InChI is InChI=1S/C11H17BrF2S/c1-15-11(13,14)10(12)6-9-5-7-2-3-8(9)4-7/h7-10H,2-6H2,1H3/t7-,8+,9?,10?/m1/s1. The molecule has 0 amide bonds. The second-order valence-corrected chi connectivity index (χ2v) is 6.96. The van der Waals surface area contributed by atoms with E-state index in [1.54, 1.807) is 0 Å². The fourth-order valence-electron chi connectivity index (χ4n) is 3.20. The Morgan fingerprint density at radius 3 is 2.60 bits per heavy atom. The lowest BCUT2D eigenvalue weighted by Gasteiger charge is -2.27. The molecule has 2 fully saturated rings. The molecule has 2 unspecified atom stereocenters. The second-order valence-electron chi connectivity index (χ2n) is 4.90. The molecule has 0 radical (unpaired) electrons. The van der Waals surface area contributed by atoms with Crippen LogP contribution in [0.3, 0.4) is 0 Å². The number of fused-ring (bicyclic) bond motifs is 2. The number of hydrogen-bond acceptors (Lipinski definition) is 1. The SMILES string of the molecule is CSC(F)(F)C(Br)CC1C[C@@H]2CC[C@H]1C2. The van der Waals surface area contributed by atoms with Gasteiger partial charge in [0.2, 0.25) is 0 Å². The molecule has 2 aliphatic carbocycles. The lowest BCUT2D eigenvalue weighted by molar-refractivity contribution is 0.0925. The van der Waals surface area contributed by atoms with Gasteiger partial charge in [0.1, 0.15) is 0 Å². The molecular formula is C11H17BrF2S. The molecule has 4 heteroatoms. The summed E-state index contributed by atoms with van der Waals surface area (Å²) < 4.78 is 26.7. The zero-order valence-corrected chi connectivity index (χ0v) is 11.3. The molecule has 0 aromatic heterocycles. The van der Waals surface area contributed by atoms with Gasteiger partial charge in [-0.25, -0.2) is 0 Å². The molecule has 0 nitrogen and oxygen atoms in total. The third kappa shape index (κ3) is 2.51. The van der Waals surface area contributed by atoms with Crippen molar-refractivity contribution in [2.24, 2.45) is 17.8 Å². The third-order valence-electron chi connectivity index (χ3n) is 4.03. The first-order valence-corrected chi connectivity index (χ1v) is 7.74. The van der Waals surface area contributed by atoms with Crippen LogP contribution in [0.5, 0.6) is 0 Å². The number of hydrogen-bond donors (Lipinski definition) is 0. The van der Waals surface area contributed by atoms with Gasteiger partial charge in [-0.3, -0.25) is 0 Å². The summed E-state index contributed by atoms with van der Waals surface area (Å²) in [5.41, 5.74) is 0. The minimum Gasteiger partial charge on any atom is -0.193 e. The monoisotopic (exact) mass is 298 g/mol. The third-order valence-corrected chi connectivity index (χ3v) is 6.11. The number of thioether (sulfide) groups is 1. The first kappa shape index (κ1) is 12.2. The van der Waals surface area contributed by atoms with Crippen molar-refractivity contribution >= 4 is 27.7 Å². The molecule has 15 heavy (non-hydrogen) atoms. The van der Waals surface area contributed by atoms with Crippen LogP contribution in [0, 0.1) is 17.8 Å². The maximum Gasteiger partial charge on any atom is 0.305 e.